The summed E-state index contributed by atoms with van der Waals surface area (Å²) < 4.78 is 0. The maximum absolute atomic E-state index is 12.5. The number of hydrogen-bond acceptors (Lipinski definition) is 3. The number of urea groups is 1. The molecule has 0 spiro atoms. The van der Waals surface area contributed by atoms with Gasteiger partial charge in [-0.2, -0.15) is 0 Å². The van der Waals surface area contributed by atoms with Gasteiger partial charge in [0.25, 0.3) is 0 Å². The van der Waals surface area contributed by atoms with Crippen molar-refractivity contribution in [3.05, 3.63) is 0 Å². The molecular formula is C14H25N3O3. The van der Waals surface area contributed by atoms with Crippen LogP contribution in [-0.2, 0) is 4.79 Å². The van der Waals surface area contributed by atoms with Gasteiger partial charge in [0.1, 0.15) is 0 Å². The number of carboxylic acid groups (broad SMARTS) is 1. The summed E-state index contributed by atoms with van der Waals surface area (Å²) in [4.78, 5) is 29.0. The maximum atomic E-state index is 12.5. The van der Waals surface area contributed by atoms with Gasteiger partial charge in [-0.1, -0.05) is 13.8 Å². The molecule has 2 heterocycles. The van der Waals surface area contributed by atoms with Crippen molar-refractivity contribution < 1.29 is 14.7 Å². The van der Waals surface area contributed by atoms with E-state index in [1.165, 1.54) is 0 Å². The Morgan fingerprint density at radius 2 is 1.65 bits per heavy atom. The third-order valence-corrected chi connectivity index (χ3v) is 4.48. The predicted octanol–water partition coefficient (Wildman–Crippen LogP) is 0.786. The highest BCUT2D eigenvalue weighted by Gasteiger charge is 2.32. The summed E-state index contributed by atoms with van der Waals surface area (Å²) in [7, 11) is 0. The van der Waals surface area contributed by atoms with Crippen molar-refractivity contribution in [3.63, 3.8) is 0 Å². The molecule has 0 saturated carbocycles. The van der Waals surface area contributed by atoms with Gasteiger partial charge in [0.15, 0.2) is 0 Å². The van der Waals surface area contributed by atoms with Gasteiger partial charge in [0.2, 0.25) is 0 Å². The zero-order valence-electron chi connectivity index (χ0n) is 12.4. The molecule has 2 atom stereocenters. The van der Waals surface area contributed by atoms with Crippen molar-refractivity contribution >= 4 is 12.0 Å². The van der Waals surface area contributed by atoms with Gasteiger partial charge in [-0.05, 0) is 18.3 Å². The van der Waals surface area contributed by atoms with Crippen molar-refractivity contribution in [1.82, 2.24) is 14.7 Å². The highest BCUT2D eigenvalue weighted by Crippen LogP contribution is 2.23. The van der Waals surface area contributed by atoms with Gasteiger partial charge >= 0.3 is 12.0 Å². The van der Waals surface area contributed by atoms with E-state index < -0.39 is 5.97 Å². The summed E-state index contributed by atoms with van der Waals surface area (Å²) in [6, 6.07) is 0.123. The van der Waals surface area contributed by atoms with E-state index in [1.807, 2.05) is 14.7 Å². The number of likely N-dealkylation sites (tertiary alicyclic amines) is 1. The topological polar surface area (TPSA) is 64.1 Å². The number of carbonyl (C=O) groups is 2. The van der Waals surface area contributed by atoms with Gasteiger partial charge in [-0.25, -0.2) is 4.79 Å². The minimum Gasteiger partial charge on any atom is -0.480 e. The van der Waals surface area contributed by atoms with E-state index in [-0.39, 0.29) is 12.6 Å². The third kappa shape index (κ3) is 3.62. The van der Waals surface area contributed by atoms with E-state index in [1.54, 1.807) is 0 Å². The van der Waals surface area contributed by atoms with Crippen LogP contribution in [0.15, 0.2) is 0 Å². The summed E-state index contributed by atoms with van der Waals surface area (Å²) in [6.45, 7) is 8.90. The van der Waals surface area contributed by atoms with Crippen LogP contribution in [0.4, 0.5) is 4.79 Å². The molecule has 2 fully saturated rings. The number of aliphatic carboxylic acids is 1. The lowest BCUT2D eigenvalue weighted by atomic mass is 10.0. The van der Waals surface area contributed by atoms with Crippen LogP contribution in [0.2, 0.25) is 0 Å². The zero-order chi connectivity index (χ0) is 14.7. The summed E-state index contributed by atoms with van der Waals surface area (Å²) in [5, 5.41) is 8.83. The van der Waals surface area contributed by atoms with E-state index in [0.717, 1.165) is 32.6 Å². The molecule has 2 saturated heterocycles. The van der Waals surface area contributed by atoms with Crippen molar-refractivity contribution in [2.24, 2.45) is 11.8 Å². The fourth-order valence-electron chi connectivity index (χ4n) is 3.00. The Morgan fingerprint density at radius 3 is 2.25 bits per heavy atom. The van der Waals surface area contributed by atoms with Crippen LogP contribution < -0.4 is 0 Å². The van der Waals surface area contributed by atoms with E-state index >= 15 is 0 Å². The molecule has 6 heteroatoms. The Morgan fingerprint density at radius 1 is 1.00 bits per heavy atom. The van der Waals surface area contributed by atoms with Crippen LogP contribution in [0.3, 0.4) is 0 Å². The first kappa shape index (κ1) is 15.1. The molecule has 1 N–H and O–H groups in total. The number of amides is 2. The number of carboxylic acids is 1. The normalized spacial score (nSPS) is 28.5. The van der Waals surface area contributed by atoms with E-state index in [4.69, 9.17) is 5.11 Å². The highest BCUT2D eigenvalue weighted by atomic mass is 16.4. The molecule has 6 nitrogen and oxygen atoms in total. The minimum atomic E-state index is -0.799. The Balaban J connectivity index is 1.87. The fourth-order valence-corrected chi connectivity index (χ4v) is 3.00. The van der Waals surface area contributed by atoms with E-state index in [9.17, 15) is 9.59 Å². The quantitative estimate of drug-likeness (QED) is 0.813. The van der Waals surface area contributed by atoms with Crippen LogP contribution in [0, 0.1) is 11.8 Å². The molecule has 0 aromatic rings. The van der Waals surface area contributed by atoms with Crippen LogP contribution in [-0.4, -0.2) is 77.6 Å². The summed E-state index contributed by atoms with van der Waals surface area (Å²) in [5.74, 6) is 0.329. The molecule has 114 valence electrons. The lowest BCUT2D eigenvalue weighted by Gasteiger charge is -2.27. The highest BCUT2D eigenvalue weighted by molar-refractivity contribution is 5.75. The van der Waals surface area contributed by atoms with Crippen LogP contribution in [0.25, 0.3) is 0 Å². The van der Waals surface area contributed by atoms with Gasteiger partial charge in [-0.3, -0.25) is 9.69 Å². The molecule has 20 heavy (non-hydrogen) atoms. The number of rotatable bonds is 2. The molecule has 2 aliphatic heterocycles. The van der Waals surface area contributed by atoms with E-state index in [0.29, 0.717) is 24.9 Å². The number of hydrogen-bond donors (Lipinski definition) is 1. The average Bonchev–Trinajstić information content (AvgIpc) is 2.60. The lowest BCUT2D eigenvalue weighted by Crippen LogP contribution is -2.44. The Hall–Kier alpha value is -1.30. The monoisotopic (exact) mass is 283 g/mol. The summed E-state index contributed by atoms with van der Waals surface area (Å²) >= 11 is 0. The van der Waals surface area contributed by atoms with Crippen LogP contribution in [0.1, 0.15) is 20.3 Å². The molecular weight excluding hydrogens is 258 g/mol. The second kappa shape index (κ2) is 6.43. The zero-order valence-corrected chi connectivity index (χ0v) is 12.4. The molecule has 2 rings (SSSR count). The minimum absolute atomic E-state index is 0.0693. The van der Waals surface area contributed by atoms with Gasteiger partial charge in [-0.15, -0.1) is 0 Å². The van der Waals surface area contributed by atoms with Crippen molar-refractivity contribution in [2.45, 2.75) is 20.3 Å². The van der Waals surface area contributed by atoms with Gasteiger partial charge in [0.05, 0.1) is 6.54 Å². The van der Waals surface area contributed by atoms with Gasteiger partial charge in [0, 0.05) is 39.3 Å². The van der Waals surface area contributed by atoms with E-state index in [2.05, 4.69) is 13.8 Å². The Bertz CT molecular complexity index is 365. The largest absolute Gasteiger partial charge is 0.480 e. The van der Waals surface area contributed by atoms with Crippen molar-refractivity contribution in [2.75, 3.05) is 45.8 Å². The predicted molar refractivity (Wildman–Crippen MR) is 75.6 cm³/mol. The third-order valence-electron chi connectivity index (χ3n) is 4.48. The smallest absolute Gasteiger partial charge is 0.320 e. The molecule has 0 aliphatic carbocycles. The molecule has 0 radical (unpaired) electrons. The van der Waals surface area contributed by atoms with Crippen LogP contribution in [0.5, 0.6) is 0 Å². The first-order chi connectivity index (χ1) is 9.47. The average molecular weight is 283 g/mol. The van der Waals surface area contributed by atoms with Gasteiger partial charge < -0.3 is 14.9 Å². The second-order valence-corrected chi connectivity index (χ2v) is 6.15. The molecule has 2 amide bonds. The number of carbonyl (C=O) groups excluding carboxylic acids is 1. The standard InChI is InChI=1S/C14H25N3O3/c1-11-8-17(9-12(11)2)14(20)16-5-3-4-15(6-7-16)10-13(18)19/h11-12H,3-10H2,1-2H3,(H,18,19). The molecule has 0 aromatic heterocycles. The fraction of sp³-hybridized carbons (Fsp3) is 0.857. The molecule has 0 aromatic carbocycles. The first-order valence-electron chi connectivity index (χ1n) is 7.45. The molecule has 0 bridgehead atoms. The maximum Gasteiger partial charge on any atom is 0.320 e. The first-order valence-corrected chi connectivity index (χ1v) is 7.45. The molecule has 2 aliphatic rings. The second-order valence-electron chi connectivity index (χ2n) is 6.15. The lowest BCUT2D eigenvalue weighted by molar-refractivity contribution is -0.138. The SMILES string of the molecule is CC1CN(C(=O)N2CCCN(CC(=O)O)CC2)CC1C. The van der Waals surface area contributed by atoms with Crippen molar-refractivity contribution in [1.29, 1.82) is 0 Å². The Kier molecular flexibility index (Phi) is 4.86. The Labute approximate surface area is 120 Å². The van der Waals surface area contributed by atoms with Crippen molar-refractivity contribution in [3.8, 4) is 0 Å². The summed E-state index contributed by atoms with van der Waals surface area (Å²) in [5.41, 5.74) is 0. The number of nitrogens with zero attached hydrogens (tertiary/aromatic N) is 3. The molecule has 2 unspecified atom stereocenters. The summed E-state index contributed by atoms with van der Waals surface area (Å²) in [6.07, 6.45) is 0.845. The van der Waals surface area contributed by atoms with Crippen LogP contribution >= 0.6 is 0 Å².